The Morgan fingerprint density at radius 3 is 2.65 bits per heavy atom. The zero-order valence-electron chi connectivity index (χ0n) is 9.50. The van der Waals surface area contributed by atoms with Gasteiger partial charge in [-0.1, -0.05) is 6.42 Å². The molecule has 0 bridgehead atoms. The van der Waals surface area contributed by atoms with Crippen LogP contribution in [0.1, 0.15) is 24.1 Å². The molecule has 0 amide bonds. The van der Waals surface area contributed by atoms with Crippen molar-refractivity contribution in [1.82, 2.24) is 4.72 Å². The van der Waals surface area contributed by atoms with E-state index in [1.54, 1.807) is 13.0 Å². The van der Waals surface area contributed by atoms with Crippen molar-refractivity contribution in [2.24, 2.45) is 0 Å². The summed E-state index contributed by atoms with van der Waals surface area (Å²) < 4.78 is 27.3. The molecule has 0 saturated carbocycles. The van der Waals surface area contributed by atoms with Crippen molar-refractivity contribution in [3.63, 3.8) is 0 Å². The third kappa shape index (κ3) is 4.87. The standard InChI is InChI=1S/C10H15BrClNO2S2/c1-8-9(7-10(11)16-8)17(14,15)13-6-4-2-3-5-12/h7,13H,2-6H2,1H3. The summed E-state index contributed by atoms with van der Waals surface area (Å²) in [7, 11) is -3.36. The summed E-state index contributed by atoms with van der Waals surface area (Å²) in [6, 6.07) is 1.64. The molecule has 1 aromatic rings. The molecule has 3 nitrogen and oxygen atoms in total. The summed E-state index contributed by atoms with van der Waals surface area (Å²) in [5.74, 6) is 0.628. The number of nitrogens with one attached hydrogen (secondary N) is 1. The molecule has 0 radical (unpaired) electrons. The van der Waals surface area contributed by atoms with E-state index >= 15 is 0 Å². The molecule has 1 heterocycles. The fourth-order valence-corrected chi connectivity index (χ4v) is 5.05. The van der Waals surface area contributed by atoms with Crippen molar-refractivity contribution in [1.29, 1.82) is 0 Å². The van der Waals surface area contributed by atoms with E-state index in [1.807, 2.05) is 0 Å². The topological polar surface area (TPSA) is 46.2 Å². The van der Waals surface area contributed by atoms with Crippen molar-refractivity contribution in [3.8, 4) is 0 Å². The van der Waals surface area contributed by atoms with Gasteiger partial charge >= 0.3 is 0 Å². The van der Waals surface area contributed by atoms with Gasteiger partial charge in [-0.25, -0.2) is 13.1 Å². The van der Waals surface area contributed by atoms with E-state index in [9.17, 15) is 8.42 Å². The van der Waals surface area contributed by atoms with Gasteiger partial charge in [0.2, 0.25) is 10.0 Å². The number of thiophene rings is 1. The number of sulfonamides is 1. The van der Waals surface area contributed by atoms with E-state index in [0.29, 0.717) is 17.3 Å². The maximum atomic E-state index is 11.9. The Labute approximate surface area is 120 Å². The highest BCUT2D eigenvalue weighted by atomic mass is 79.9. The van der Waals surface area contributed by atoms with Crippen LogP contribution in [-0.2, 0) is 10.0 Å². The van der Waals surface area contributed by atoms with Gasteiger partial charge in [-0.3, -0.25) is 0 Å². The van der Waals surface area contributed by atoms with Gasteiger partial charge in [0.15, 0.2) is 0 Å². The van der Waals surface area contributed by atoms with Gasteiger partial charge < -0.3 is 0 Å². The largest absolute Gasteiger partial charge is 0.241 e. The molecule has 0 aliphatic rings. The first kappa shape index (κ1) is 15.4. The molecule has 1 aromatic heterocycles. The Balaban J connectivity index is 2.54. The number of hydrogen-bond acceptors (Lipinski definition) is 3. The Morgan fingerprint density at radius 2 is 2.12 bits per heavy atom. The molecule has 98 valence electrons. The van der Waals surface area contributed by atoms with Crippen molar-refractivity contribution in [3.05, 3.63) is 14.7 Å². The lowest BCUT2D eigenvalue weighted by Crippen LogP contribution is -2.24. The smallest absolute Gasteiger partial charge is 0.211 e. The number of aryl methyl sites for hydroxylation is 1. The van der Waals surface area contributed by atoms with Crippen LogP contribution in [0.5, 0.6) is 0 Å². The molecule has 7 heteroatoms. The Bertz CT molecular complexity index is 459. The fourth-order valence-electron chi connectivity index (χ4n) is 1.38. The molecule has 17 heavy (non-hydrogen) atoms. The van der Waals surface area contributed by atoms with Crippen LogP contribution < -0.4 is 4.72 Å². The lowest BCUT2D eigenvalue weighted by molar-refractivity contribution is 0.576. The number of halogens is 2. The minimum absolute atomic E-state index is 0.367. The van der Waals surface area contributed by atoms with Crippen molar-refractivity contribution >= 4 is 48.9 Å². The summed E-state index contributed by atoms with van der Waals surface area (Å²) in [6.07, 6.45) is 2.68. The summed E-state index contributed by atoms with van der Waals surface area (Å²) in [5, 5.41) is 0. The maximum absolute atomic E-state index is 11.9. The first-order chi connectivity index (χ1) is 7.97. The first-order valence-electron chi connectivity index (χ1n) is 5.29. The molecule has 0 spiro atoms. The predicted octanol–water partition coefficient (Wildman–Crippen LogP) is 3.51. The highest BCUT2D eigenvalue weighted by Gasteiger charge is 2.18. The van der Waals surface area contributed by atoms with E-state index in [1.165, 1.54) is 11.3 Å². The summed E-state index contributed by atoms with van der Waals surface area (Å²) in [6.45, 7) is 2.27. The number of unbranched alkanes of at least 4 members (excludes halogenated alkanes) is 2. The third-order valence-corrected chi connectivity index (χ3v) is 5.77. The lowest BCUT2D eigenvalue weighted by Gasteiger charge is -2.05. The molecule has 1 rings (SSSR count). The van der Waals surface area contributed by atoms with E-state index < -0.39 is 10.0 Å². The number of hydrogen-bond donors (Lipinski definition) is 1. The first-order valence-corrected chi connectivity index (χ1v) is 8.91. The summed E-state index contributed by atoms with van der Waals surface area (Å²) in [5.41, 5.74) is 0. The van der Waals surface area contributed by atoms with Crippen LogP contribution in [0.3, 0.4) is 0 Å². The normalized spacial score (nSPS) is 11.9. The second-order valence-electron chi connectivity index (χ2n) is 3.62. The van der Waals surface area contributed by atoms with Gasteiger partial charge in [0.25, 0.3) is 0 Å². The minimum Gasteiger partial charge on any atom is -0.211 e. The molecule has 0 aliphatic carbocycles. The summed E-state index contributed by atoms with van der Waals surface area (Å²) >= 11 is 10.3. The van der Waals surface area contributed by atoms with Crippen molar-refractivity contribution < 1.29 is 8.42 Å². The van der Waals surface area contributed by atoms with E-state index in [2.05, 4.69) is 20.7 Å². The number of rotatable bonds is 7. The molecule has 0 aliphatic heterocycles. The van der Waals surface area contributed by atoms with Gasteiger partial charge in [0.05, 0.1) is 8.68 Å². The van der Waals surface area contributed by atoms with Crippen molar-refractivity contribution in [2.75, 3.05) is 12.4 Å². The maximum Gasteiger partial charge on any atom is 0.241 e. The fraction of sp³-hybridized carbons (Fsp3) is 0.600. The zero-order chi connectivity index (χ0) is 12.9. The highest BCUT2D eigenvalue weighted by molar-refractivity contribution is 9.11. The van der Waals surface area contributed by atoms with Gasteiger partial charge in [0.1, 0.15) is 0 Å². The number of alkyl halides is 1. The Hall–Kier alpha value is 0.380. The van der Waals surface area contributed by atoms with Crippen LogP contribution in [0.2, 0.25) is 0 Å². The van der Waals surface area contributed by atoms with E-state index in [4.69, 9.17) is 11.6 Å². The average molecular weight is 361 g/mol. The van der Waals surface area contributed by atoms with Gasteiger partial charge in [-0.15, -0.1) is 22.9 Å². The molecule has 0 fully saturated rings. The second kappa shape index (κ2) is 7.09. The van der Waals surface area contributed by atoms with Crippen LogP contribution in [0.4, 0.5) is 0 Å². The molecule has 1 N–H and O–H groups in total. The molecule has 0 saturated heterocycles. The van der Waals surface area contributed by atoms with E-state index in [-0.39, 0.29) is 0 Å². The molecule has 0 unspecified atom stereocenters. The van der Waals surface area contributed by atoms with Gasteiger partial charge in [-0.2, -0.15) is 0 Å². The predicted molar refractivity (Wildman–Crippen MR) is 76.5 cm³/mol. The Morgan fingerprint density at radius 1 is 1.41 bits per heavy atom. The molecular weight excluding hydrogens is 346 g/mol. The van der Waals surface area contributed by atoms with Crippen LogP contribution in [0.25, 0.3) is 0 Å². The highest BCUT2D eigenvalue weighted by Crippen LogP contribution is 2.29. The van der Waals surface area contributed by atoms with Crippen LogP contribution in [0.15, 0.2) is 14.7 Å². The van der Waals surface area contributed by atoms with Gasteiger partial charge in [0, 0.05) is 17.3 Å². The SMILES string of the molecule is Cc1sc(Br)cc1S(=O)(=O)NCCCCCCl. The average Bonchev–Trinajstić information content (AvgIpc) is 2.58. The third-order valence-electron chi connectivity index (χ3n) is 2.23. The Kier molecular flexibility index (Phi) is 6.44. The molecule has 0 atom stereocenters. The van der Waals surface area contributed by atoms with E-state index in [0.717, 1.165) is 27.9 Å². The molecule has 0 aromatic carbocycles. The zero-order valence-corrected chi connectivity index (χ0v) is 13.5. The van der Waals surface area contributed by atoms with Crippen LogP contribution in [-0.4, -0.2) is 20.8 Å². The van der Waals surface area contributed by atoms with Gasteiger partial charge in [-0.05, 0) is 41.8 Å². The minimum atomic E-state index is -3.36. The lowest BCUT2D eigenvalue weighted by atomic mass is 10.2. The van der Waals surface area contributed by atoms with Crippen molar-refractivity contribution in [2.45, 2.75) is 31.1 Å². The van der Waals surface area contributed by atoms with Crippen LogP contribution in [0, 0.1) is 6.92 Å². The summed E-state index contributed by atoms with van der Waals surface area (Å²) in [4.78, 5) is 1.16. The monoisotopic (exact) mass is 359 g/mol. The van der Waals surface area contributed by atoms with Crippen LogP contribution >= 0.6 is 38.9 Å². The molecular formula is C10H15BrClNO2S2. The quantitative estimate of drug-likeness (QED) is 0.597. The second-order valence-corrected chi connectivity index (χ2v) is 8.37.